The van der Waals surface area contributed by atoms with Gasteiger partial charge >= 0.3 is 0 Å². The molecule has 0 saturated carbocycles. The molecule has 0 aliphatic rings. The van der Waals surface area contributed by atoms with Crippen LogP contribution in [0.1, 0.15) is 36.7 Å². The van der Waals surface area contributed by atoms with Crippen LogP contribution < -0.4 is 0 Å². The summed E-state index contributed by atoms with van der Waals surface area (Å²) in [4.78, 5) is 4.27. The van der Waals surface area contributed by atoms with Gasteiger partial charge in [-0.05, 0) is 12.5 Å². The van der Waals surface area contributed by atoms with Crippen LogP contribution in [-0.4, -0.2) is 22.4 Å². The molecule has 0 spiro atoms. The van der Waals surface area contributed by atoms with Gasteiger partial charge in [-0.1, -0.05) is 30.3 Å². The Hall–Kier alpha value is -1.88. The minimum Gasteiger partial charge on any atom is -0.508 e. The molecule has 0 aliphatic heterocycles. The van der Waals surface area contributed by atoms with Crippen molar-refractivity contribution in [2.45, 2.75) is 25.9 Å². The summed E-state index contributed by atoms with van der Waals surface area (Å²) in [7, 11) is 1.62. The van der Waals surface area contributed by atoms with Gasteiger partial charge in [-0.25, -0.2) is 0 Å². The maximum Gasteiger partial charge on any atom is 0.231 e. The van der Waals surface area contributed by atoms with Gasteiger partial charge in [-0.3, -0.25) is 0 Å². The molecule has 1 heterocycles. The lowest BCUT2D eigenvalue weighted by Crippen LogP contribution is -2.02. The van der Waals surface area contributed by atoms with E-state index in [9.17, 15) is 5.11 Å². The molecule has 1 aromatic carbocycles. The molecule has 5 heteroatoms. The smallest absolute Gasteiger partial charge is 0.231 e. The van der Waals surface area contributed by atoms with E-state index in [1.807, 2.05) is 19.1 Å². The minimum atomic E-state index is -0.146. The number of ether oxygens (including phenoxy) is 1. The third kappa shape index (κ3) is 2.68. The Kier molecular flexibility index (Phi) is 3.94. The van der Waals surface area contributed by atoms with E-state index in [1.54, 1.807) is 19.2 Å². The van der Waals surface area contributed by atoms with Gasteiger partial charge in [0.25, 0.3) is 0 Å². The largest absolute Gasteiger partial charge is 0.508 e. The van der Waals surface area contributed by atoms with Gasteiger partial charge in [0.2, 0.25) is 11.7 Å². The number of aromatic nitrogens is 2. The fraction of sp³-hybridized carbons (Fsp3) is 0.385. The Morgan fingerprint density at radius 3 is 2.83 bits per heavy atom. The molecular formula is C13H16N2O3. The molecule has 0 saturated heterocycles. The fourth-order valence-corrected chi connectivity index (χ4v) is 1.75. The van der Waals surface area contributed by atoms with E-state index in [0.717, 1.165) is 12.0 Å². The first-order valence-corrected chi connectivity index (χ1v) is 5.86. The molecule has 1 atom stereocenters. The third-order valence-corrected chi connectivity index (χ3v) is 2.76. The normalized spacial score (nSPS) is 12.6. The second kappa shape index (κ2) is 5.64. The number of hydrogen-bond acceptors (Lipinski definition) is 5. The Bertz CT molecular complexity index is 506. The number of methoxy groups -OCH3 is 1. The second-order valence-corrected chi connectivity index (χ2v) is 3.98. The number of benzene rings is 1. The number of hydrogen-bond donors (Lipinski definition) is 1. The number of phenols is 1. The highest BCUT2D eigenvalue weighted by atomic mass is 16.5. The highest BCUT2D eigenvalue weighted by Gasteiger charge is 2.16. The van der Waals surface area contributed by atoms with Crippen molar-refractivity contribution in [3.63, 3.8) is 0 Å². The van der Waals surface area contributed by atoms with E-state index < -0.39 is 0 Å². The SMILES string of the molecule is CCC(OC)c1noc(Cc2ccccc2O)n1. The Morgan fingerprint density at radius 2 is 2.17 bits per heavy atom. The summed E-state index contributed by atoms with van der Waals surface area (Å²) in [6.07, 6.45) is 1.05. The zero-order valence-corrected chi connectivity index (χ0v) is 10.5. The summed E-state index contributed by atoms with van der Waals surface area (Å²) in [5.41, 5.74) is 0.762. The van der Waals surface area contributed by atoms with Crippen LogP contribution in [0, 0.1) is 0 Å². The van der Waals surface area contributed by atoms with Crippen molar-refractivity contribution in [1.29, 1.82) is 0 Å². The summed E-state index contributed by atoms with van der Waals surface area (Å²) in [6.45, 7) is 1.99. The molecular weight excluding hydrogens is 232 g/mol. The summed E-state index contributed by atoms with van der Waals surface area (Å²) in [5, 5.41) is 13.6. The second-order valence-electron chi connectivity index (χ2n) is 3.98. The first kappa shape index (κ1) is 12.6. The topological polar surface area (TPSA) is 68.4 Å². The molecule has 1 aromatic heterocycles. The van der Waals surface area contributed by atoms with Gasteiger partial charge < -0.3 is 14.4 Å². The van der Waals surface area contributed by atoms with Crippen LogP contribution in [-0.2, 0) is 11.2 Å². The van der Waals surface area contributed by atoms with Crippen molar-refractivity contribution < 1.29 is 14.4 Å². The van der Waals surface area contributed by atoms with Crippen molar-refractivity contribution >= 4 is 0 Å². The Balaban J connectivity index is 2.14. The monoisotopic (exact) mass is 248 g/mol. The lowest BCUT2D eigenvalue weighted by atomic mass is 10.1. The van der Waals surface area contributed by atoms with E-state index in [0.29, 0.717) is 18.1 Å². The predicted octanol–water partition coefficient (Wildman–Crippen LogP) is 2.46. The van der Waals surface area contributed by atoms with Crippen LogP contribution in [0.25, 0.3) is 0 Å². The molecule has 18 heavy (non-hydrogen) atoms. The highest BCUT2D eigenvalue weighted by molar-refractivity contribution is 5.33. The van der Waals surface area contributed by atoms with Crippen LogP contribution in [0.2, 0.25) is 0 Å². The molecule has 0 radical (unpaired) electrons. The van der Waals surface area contributed by atoms with E-state index >= 15 is 0 Å². The van der Waals surface area contributed by atoms with E-state index in [-0.39, 0.29) is 11.9 Å². The number of aromatic hydroxyl groups is 1. The summed E-state index contributed by atoms with van der Waals surface area (Å²) >= 11 is 0. The molecule has 2 rings (SSSR count). The number of para-hydroxylation sites is 1. The van der Waals surface area contributed by atoms with Gasteiger partial charge in [-0.2, -0.15) is 4.98 Å². The predicted molar refractivity (Wildman–Crippen MR) is 65.3 cm³/mol. The van der Waals surface area contributed by atoms with Crippen molar-refractivity contribution in [3.8, 4) is 5.75 Å². The molecule has 1 unspecified atom stereocenters. The zero-order chi connectivity index (χ0) is 13.0. The zero-order valence-electron chi connectivity index (χ0n) is 10.5. The Labute approximate surface area is 105 Å². The minimum absolute atomic E-state index is 0.146. The van der Waals surface area contributed by atoms with Crippen molar-refractivity contribution in [1.82, 2.24) is 10.1 Å². The first-order valence-electron chi connectivity index (χ1n) is 5.86. The van der Waals surface area contributed by atoms with Crippen molar-refractivity contribution in [3.05, 3.63) is 41.5 Å². The van der Waals surface area contributed by atoms with Crippen molar-refractivity contribution in [2.75, 3.05) is 7.11 Å². The molecule has 0 aliphatic carbocycles. The summed E-state index contributed by atoms with van der Waals surface area (Å²) in [5.74, 6) is 1.25. The highest BCUT2D eigenvalue weighted by Crippen LogP contribution is 2.21. The Morgan fingerprint density at radius 1 is 1.39 bits per heavy atom. The van der Waals surface area contributed by atoms with Crippen LogP contribution >= 0.6 is 0 Å². The summed E-state index contributed by atoms with van der Waals surface area (Å²) < 4.78 is 10.4. The number of phenolic OH excluding ortho intramolecular Hbond substituents is 1. The van der Waals surface area contributed by atoms with Crippen LogP contribution in [0.4, 0.5) is 0 Å². The lowest BCUT2D eigenvalue weighted by molar-refractivity contribution is 0.0903. The standard InChI is InChI=1S/C13H16N2O3/c1-3-11(17-2)13-14-12(18-15-13)8-9-6-4-5-7-10(9)16/h4-7,11,16H,3,8H2,1-2H3. The van der Waals surface area contributed by atoms with Crippen LogP contribution in [0.3, 0.4) is 0 Å². The molecule has 5 nitrogen and oxygen atoms in total. The van der Waals surface area contributed by atoms with E-state index in [4.69, 9.17) is 9.26 Å². The maximum absolute atomic E-state index is 9.67. The van der Waals surface area contributed by atoms with Crippen LogP contribution in [0.15, 0.2) is 28.8 Å². The lowest BCUT2D eigenvalue weighted by Gasteiger charge is -2.06. The van der Waals surface area contributed by atoms with Gasteiger partial charge in [0.1, 0.15) is 11.9 Å². The molecule has 2 aromatic rings. The number of nitrogens with zero attached hydrogens (tertiary/aromatic N) is 2. The van der Waals surface area contributed by atoms with Gasteiger partial charge in [0.15, 0.2) is 0 Å². The molecule has 0 amide bonds. The van der Waals surface area contributed by atoms with Gasteiger partial charge in [0.05, 0.1) is 6.42 Å². The maximum atomic E-state index is 9.67. The quantitative estimate of drug-likeness (QED) is 0.880. The molecule has 96 valence electrons. The van der Waals surface area contributed by atoms with Gasteiger partial charge in [-0.15, -0.1) is 0 Å². The fourth-order valence-electron chi connectivity index (χ4n) is 1.75. The van der Waals surface area contributed by atoms with Crippen LogP contribution in [0.5, 0.6) is 5.75 Å². The molecule has 0 fully saturated rings. The van der Waals surface area contributed by atoms with E-state index in [2.05, 4.69) is 10.1 Å². The average molecular weight is 248 g/mol. The average Bonchev–Trinajstić information content (AvgIpc) is 2.82. The number of rotatable bonds is 5. The molecule has 1 N–H and O–H groups in total. The van der Waals surface area contributed by atoms with E-state index in [1.165, 1.54) is 0 Å². The summed E-state index contributed by atoms with van der Waals surface area (Å²) in [6, 6.07) is 7.09. The van der Waals surface area contributed by atoms with Crippen molar-refractivity contribution in [2.24, 2.45) is 0 Å². The first-order chi connectivity index (χ1) is 8.74. The van der Waals surface area contributed by atoms with Gasteiger partial charge in [0, 0.05) is 12.7 Å². The molecule has 0 bridgehead atoms. The third-order valence-electron chi connectivity index (χ3n) is 2.76.